The summed E-state index contributed by atoms with van der Waals surface area (Å²) in [6.07, 6.45) is 3.93. The number of aromatic nitrogens is 2. The minimum Gasteiger partial charge on any atom is -0.457 e. The Hall–Kier alpha value is -3.46. The highest BCUT2D eigenvalue weighted by Gasteiger charge is 2.15. The van der Waals surface area contributed by atoms with Crippen LogP contribution in [0.25, 0.3) is 22.5 Å². The van der Waals surface area contributed by atoms with Crippen molar-refractivity contribution in [2.24, 2.45) is 0 Å². The van der Waals surface area contributed by atoms with Crippen LogP contribution < -0.4 is 4.74 Å². The lowest BCUT2D eigenvalue weighted by Crippen LogP contribution is -2.11. The van der Waals surface area contributed by atoms with Gasteiger partial charge in [0.25, 0.3) is 0 Å². The SMILES string of the molecule is CC(C)(C)c1ccc(-c2cccc(Oc3cccc(-c4ccc(C(C)(C)C)cn4)c3)c2)nc1. The molecule has 0 bridgehead atoms. The number of nitrogens with zero attached hydrogens (tertiary/aromatic N) is 2. The fourth-order valence-electron chi connectivity index (χ4n) is 3.59. The number of pyridine rings is 2. The molecule has 0 spiro atoms. The van der Waals surface area contributed by atoms with Gasteiger partial charge in [-0.2, -0.15) is 0 Å². The fourth-order valence-corrected chi connectivity index (χ4v) is 3.59. The van der Waals surface area contributed by atoms with Crippen LogP contribution in [0.5, 0.6) is 11.5 Å². The minimum absolute atomic E-state index is 0.0867. The molecule has 2 heterocycles. The molecule has 3 heteroatoms. The first-order valence-corrected chi connectivity index (χ1v) is 11.4. The minimum atomic E-state index is 0.0867. The van der Waals surface area contributed by atoms with Crippen LogP contribution in [0.4, 0.5) is 0 Å². The smallest absolute Gasteiger partial charge is 0.128 e. The topological polar surface area (TPSA) is 35.0 Å². The number of hydrogen-bond donors (Lipinski definition) is 0. The Morgan fingerprint density at radius 1 is 0.545 bits per heavy atom. The normalized spacial score (nSPS) is 11.9. The molecule has 0 atom stereocenters. The molecule has 0 N–H and O–H groups in total. The maximum atomic E-state index is 6.20. The largest absolute Gasteiger partial charge is 0.457 e. The highest BCUT2D eigenvalue weighted by atomic mass is 16.5. The van der Waals surface area contributed by atoms with Crippen LogP contribution in [0, 0.1) is 0 Å². The van der Waals surface area contributed by atoms with Crippen LogP contribution in [0.1, 0.15) is 52.7 Å². The number of benzene rings is 2. The Morgan fingerprint density at radius 3 is 1.30 bits per heavy atom. The van der Waals surface area contributed by atoms with Gasteiger partial charge < -0.3 is 4.74 Å². The van der Waals surface area contributed by atoms with Crippen LogP contribution in [0.2, 0.25) is 0 Å². The molecule has 33 heavy (non-hydrogen) atoms. The molecule has 0 radical (unpaired) electrons. The van der Waals surface area contributed by atoms with Crippen LogP contribution in [-0.4, -0.2) is 9.97 Å². The molecule has 4 aromatic rings. The second-order valence-electron chi connectivity index (χ2n) is 10.5. The summed E-state index contributed by atoms with van der Waals surface area (Å²) >= 11 is 0. The van der Waals surface area contributed by atoms with Crippen molar-refractivity contribution in [3.05, 3.63) is 96.3 Å². The summed E-state index contributed by atoms with van der Waals surface area (Å²) in [4.78, 5) is 9.36. The lowest BCUT2D eigenvalue weighted by molar-refractivity contribution is 0.483. The molecule has 0 saturated heterocycles. The third kappa shape index (κ3) is 5.48. The van der Waals surface area contributed by atoms with Crippen molar-refractivity contribution in [3.63, 3.8) is 0 Å². The van der Waals surface area contributed by atoms with E-state index in [0.29, 0.717) is 0 Å². The van der Waals surface area contributed by atoms with Crippen molar-refractivity contribution in [1.82, 2.24) is 9.97 Å². The first-order chi connectivity index (χ1) is 15.6. The zero-order chi connectivity index (χ0) is 23.6. The summed E-state index contributed by atoms with van der Waals surface area (Å²) in [5.74, 6) is 1.56. The van der Waals surface area contributed by atoms with E-state index in [1.165, 1.54) is 11.1 Å². The second kappa shape index (κ2) is 8.82. The van der Waals surface area contributed by atoms with Crippen LogP contribution >= 0.6 is 0 Å². The first kappa shape index (κ1) is 22.7. The zero-order valence-corrected chi connectivity index (χ0v) is 20.4. The Balaban J connectivity index is 1.54. The predicted octanol–water partition coefficient (Wildman–Crippen LogP) is 8.20. The molecule has 3 nitrogen and oxygen atoms in total. The van der Waals surface area contributed by atoms with Gasteiger partial charge in [0.05, 0.1) is 11.4 Å². The summed E-state index contributed by atoms with van der Waals surface area (Å²) < 4.78 is 6.20. The molecule has 0 aliphatic heterocycles. The molecule has 4 rings (SSSR count). The Kier molecular flexibility index (Phi) is 6.07. The summed E-state index contributed by atoms with van der Waals surface area (Å²) in [6, 6.07) is 24.6. The average Bonchev–Trinajstić information content (AvgIpc) is 2.78. The van der Waals surface area contributed by atoms with Gasteiger partial charge in [-0.1, -0.05) is 77.9 Å². The summed E-state index contributed by atoms with van der Waals surface area (Å²) in [5.41, 5.74) is 6.55. The fraction of sp³-hybridized carbons (Fsp3) is 0.267. The molecule has 0 saturated carbocycles. The standard InChI is InChI=1S/C30H32N2O/c1-29(2,3)23-13-15-27(31-19-23)21-9-7-11-25(17-21)33-26-12-8-10-22(18-26)28-16-14-24(20-32-28)30(4,5)6/h7-20H,1-6H3. The lowest BCUT2D eigenvalue weighted by atomic mass is 9.88. The van der Waals surface area contributed by atoms with Gasteiger partial charge in [0, 0.05) is 23.5 Å². The molecule has 168 valence electrons. The van der Waals surface area contributed by atoms with Crippen molar-refractivity contribution in [2.75, 3.05) is 0 Å². The molecular weight excluding hydrogens is 404 g/mol. The van der Waals surface area contributed by atoms with E-state index in [4.69, 9.17) is 4.74 Å². The quantitative estimate of drug-likeness (QED) is 0.323. The number of ether oxygens (including phenoxy) is 1. The lowest BCUT2D eigenvalue weighted by Gasteiger charge is -2.18. The Bertz CT molecular complexity index is 1130. The van der Waals surface area contributed by atoms with E-state index in [2.05, 4.69) is 87.9 Å². The Labute approximate surface area is 197 Å². The molecule has 2 aromatic carbocycles. The monoisotopic (exact) mass is 436 g/mol. The third-order valence-corrected chi connectivity index (χ3v) is 5.75. The molecule has 0 aliphatic rings. The molecule has 0 amide bonds. The average molecular weight is 437 g/mol. The van der Waals surface area contributed by atoms with Gasteiger partial charge in [0.1, 0.15) is 11.5 Å². The molecule has 0 aliphatic carbocycles. The summed E-state index contributed by atoms with van der Waals surface area (Å²) in [7, 11) is 0. The van der Waals surface area contributed by atoms with Crippen molar-refractivity contribution < 1.29 is 4.74 Å². The zero-order valence-electron chi connectivity index (χ0n) is 20.4. The molecular formula is C30H32N2O. The van der Waals surface area contributed by atoms with Gasteiger partial charge in [-0.05, 0) is 58.4 Å². The second-order valence-corrected chi connectivity index (χ2v) is 10.5. The summed E-state index contributed by atoms with van der Waals surface area (Å²) in [5, 5.41) is 0. The molecule has 2 aromatic heterocycles. The van der Waals surface area contributed by atoms with E-state index < -0.39 is 0 Å². The van der Waals surface area contributed by atoms with Gasteiger partial charge in [-0.15, -0.1) is 0 Å². The van der Waals surface area contributed by atoms with E-state index in [9.17, 15) is 0 Å². The van der Waals surface area contributed by atoms with Crippen molar-refractivity contribution in [2.45, 2.75) is 52.4 Å². The van der Waals surface area contributed by atoms with Crippen LogP contribution in [0.3, 0.4) is 0 Å². The van der Waals surface area contributed by atoms with E-state index in [1.54, 1.807) is 0 Å². The number of rotatable bonds is 4. The van der Waals surface area contributed by atoms with Gasteiger partial charge in [-0.3, -0.25) is 9.97 Å². The van der Waals surface area contributed by atoms with E-state index in [-0.39, 0.29) is 10.8 Å². The van der Waals surface area contributed by atoms with Gasteiger partial charge in [0.2, 0.25) is 0 Å². The van der Waals surface area contributed by atoms with E-state index in [0.717, 1.165) is 34.0 Å². The van der Waals surface area contributed by atoms with Gasteiger partial charge in [0.15, 0.2) is 0 Å². The van der Waals surface area contributed by atoms with Crippen LogP contribution in [0.15, 0.2) is 85.2 Å². The van der Waals surface area contributed by atoms with E-state index in [1.807, 2.05) is 48.8 Å². The van der Waals surface area contributed by atoms with E-state index >= 15 is 0 Å². The first-order valence-electron chi connectivity index (χ1n) is 11.4. The Morgan fingerprint density at radius 2 is 0.970 bits per heavy atom. The highest BCUT2D eigenvalue weighted by molar-refractivity contribution is 5.63. The van der Waals surface area contributed by atoms with Gasteiger partial charge >= 0.3 is 0 Å². The number of hydrogen-bond acceptors (Lipinski definition) is 3. The van der Waals surface area contributed by atoms with Crippen molar-refractivity contribution in [1.29, 1.82) is 0 Å². The third-order valence-electron chi connectivity index (χ3n) is 5.75. The maximum Gasteiger partial charge on any atom is 0.128 e. The summed E-state index contributed by atoms with van der Waals surface area (Å²) in [6.45, 7) is 13.2. The van der Waals surface area contributed by atoms with Crippen LogP contribution in [-0.2, 0) is 10.8 Å². The van der Waals surface area contributed by atoms with Crippen molar-refractivity contribution >= 4 is 0 Å². The maximum absolute atomic E-state index is 6.20. The predicted molar refractivity (Wildman–Crippen MR) is 137 cm³/mol. The highest BCUT2D eigenvalue weighted by Crippen LogP contribution is 2.31. The van der Waals surface area contributed by atoms with Gasteiger partial charge in [-0.25, -0.2) is 0 Å². The van der Waals surface area contributed by atoms with Crippen molar-refractivity contribution in [3.8, 4) is 34.0 Å². The molecule has 0 fully saturated rings. The molecule has 0 unspecified atom stereocenters.